The van der Waals surface area contributed by atoms with Gasteiger partial charge in [0.05, 0.1) is 13.1 Å². The van der Waals surface area contributed by atoms with E-state index < -0.39 is 17.9 Å². The second kappa shape index (κ2) is 23.4. The summed E-state index contributed by atoms with van der Waals surface area (Å²) in [6.07, 6.45) is 1.88. The third-order valence-corrected chi connectivity index (χ3v) is 2.85. The van der Waals surface area contributed by atoms with Gasteiger partial charge in [0.2, 0.25) is 18.2 Å². The van der Waals surface area contributed by atoms with Gasteiger partial charge in [-0.2, -0.15) is 0 Å². The molecule has 188 valence electrons. The molecule has 0 aliphatic heterocycles. The van der Waals surface area contributed by atoms with Crippen molar-refractivity contribution >= 4 is 29.9 Å². The Morgan fingerprint density at radius 1 is 0.909 bits per heavy atom. The van der Waals surface area contributed by atoms with Crippen molar-refractivity contribution in [2.75, 3.05) is 20.1 Å². The first-order valence-electron chi connectivity index (χ1n) is 11.0. The third kappa shape index (κ3) is 26.7. The van der Waals surface area contributed by atoms with Gasteiger partial charge in [-0.05, 0) is 31.9 Å². The molecule has 0 unspecified atom stereocenters. The average molecular weight is 467 g/mol. The molecule has 0 aliphatic carbocycles. The fourth-order valence-corrected chi connectivity index (χ4v) is 1.57. The predicted octanol–water partition coefficient (Wildman–Crippen LogP) is 2.07. The highest BCUT2D eigenvalue weighted by molar-refractivity contribution is 5.97. The van der Waals surface area contributed by atoms with Crippen LogP contribution in [0.25, 0.3) is 0 Å². The van der Waals surface area contributed by atoms with Gasteiger partial charge in [0.1, 0.15) is 11.8 Å². The summed E-state index contributed by atoms with van der Waals surface area (Å²) < 4.78 is 0. The van der Waals surface area contributed by atoms with Gasteiger partial charge in [0.15, 0.2) is 0 Å². The Balaban J connectivity index is -0.000000682. The van der Waals surface area contributed by atoms with E-state index in [1.807, 2.05) is 0 Å². The smallest absolute Gasteiger partial charge is 0.251 e. The third-order valence-electron chi connectivity index (χ3n) is 2.85. The first-order chi connectivity index (χ1) is 15.5. The maximum Gasteiger partial charge on any atom is 0.251 e. The Hall–Kier alpha value is -3.23. The van der Waals surface area contributed by atoms with Gasteiger partial charge in [-0.1, -0.05) is 59.2 Å². The van der Waals surface area contributed by atoms with Crippen LogP contribution in [0.3, 0.4) is 0 Å². The summed E-state index contributed by atoms with van der Waals surface area (Å²) in [6.45, 7) is 13.3. The van der Waals surface area contributed by atoms with E-state index >= 15 is 0 Å². The zero-order valence-corrected chi connectivity index (χ0v) is 21.3. The van der Waals surface area contributed by atoms with E-state index in [0.29, 0.717) is 12.0 Å². The normalized spacial score (nSPS) is 9.73. The van der Waals surface area contributed by atoms with Crippen molar-refractivity contribution < 1.29 is 24.0 Å². The van der Waals surface area contributed by atoms with Crippen LogP contribution in [0.4, 0.5) is 0 Å². The molecule has 1 rings (SSSR count). The lowest BCUT2D eigenvalue weighted by Crippen LogP contribution is -2.48. The van der Waals surface area contributed by atoms with Gasteiger partial charge < -0.3 is 21.3 Å². The number of amides is 4. The molecule has 0 saturated carbocycles. The standard InChI is InChI=1S/C15H19N3O4.C4H10.C3H8.C2H5NO/c1-10(19)8-16-14(21)11(2)18-13(20)9-17-15(22)12-6-4-3-5-7-12;1-4(2)3;1-3-2;1-3-2-4/h3-7,11H,8-9H2,1-2H3,(H,16,21)(H,17,22)(H,18,20);4H,1-3H3;3H2,1-2H3;2H,1H3,(H,3,4)/t11-;;;/m0.../s1. The number of ketones is 1. The molecule has 9 heteroatoms. The highest BCUT2D eigenvalue weighted by Gasteiger charge is 2.16. The van der Waals surface area contributed by atoms with E-state index in [9.17, 15) is 19.2 Å². The van der Waals surface area contributed by atoms with Crippen molar-refractivity contribution in [1.82, 2.24) is 21.3 Å². The Morgan fingerprint density at radius 2 is 1.36 bits per heavy atom. The quantitative estimate of drug-likeness (QED) is 0.435. The minimum Gasteiger partial charge on any atom is -0.362 e. The molecule has 0 saturated heterocycles. The first kappa shape index (κ1) is 34.4. The monoisotopic (exact) mass is 466 g/mol. The van der Waals surface area contributed by atoms with Crippen LogP contribution in [0.5, 0.6) is 0 Å². The number of benzene rings is 1. The molecule has 0 aliphatic rings. The van der Waals surface area contributed by atoms with Gasteiger partial charge in [-0.25, -0.2) is 0 Å². The summed E-state index contributed by atoms with van der Waals surface area (Å²) in [4.78, 5) is 54.8. The molecule has 33 heavy (non-hydrogen) atoms. The van der Waals surface area contributed by atoms with Gasteiger partial charge >= 0.3 is 0 Å². The Kier molecular flexibility index (Phi) is 24.4. The molecule has 1 atom stereocenters. The minimum atomic E-state index is -0.791. The van der Waals surface area contributed by atoms with Crippen molar-refractivity contribution in [3.05, 3.63) is 35.9 Å². The lowest BCUT2D eigenvalue weighted by Gasteiger charge is -2.13. The van der Waals surface area contributed by atoms with Crippen LogP contribution < -0.4 is 21.3 Å². The molecule has 4 amide bonds. The fraction of sp³-hybridized carbons (Fsp3) is 0.542. The molecule has 0 fully saturated rings. The number of carbonyl (C=O) groups excluding carboxylic acids is 5. The number of nitrogens with one attached hydrogen (secondary N) is 4. The molecule has 0 bridgehead atoms. The zero-order valence-electron chi connectivity index (χ0n) is 21.3. The van der Waals surface area contributed by atoms with E-state index in [-0.39, 0.29) is 24.8 Å². The summed E-state index contributed by atoms with van der Waals surface area (Å²) >= 11 is 0. The summed E-state index contributed by atoms with van der Waals surface area (Å²) in [5.41, 5.74) is 0.447. The van der Waals surface area contributed by atoms with Crippen LogP contribution in [0.2, 0.25) is 0 Å². The Labute approximate surface area is 198 Å². The highest BCUT2D eigenvalue weighted by Crippen LogP contribution is 1.97. The molecule has 0 aromatic heterocycles. The maximum absolute atomic E-state index is 11.7. The topological polar surface area (TPSA) is 133 Å². The lowest BCUT2D eigenvalue weighted by atomic mass is 10.2. The van der Waals surface area contributed by atoms with E-state index in [4.69, 9.17) is 4.79 Å². The average Bonchev–Trinajstić information content (AvgIpc) is 2.76. The number of hydrogen-bond donors (Lipinski definition) is 4. The number of rotatable bonds is 8. The molecular formula is C24H42N4O5. The van der Waals surface area contributed by atoms with Crippen LogP contribution in [-0.2, 0) is 19.2 Å². The van der Waals surface area contributed by atoms with E-state index in [0.717, 1.165) is 5.92 Å². The minimum absolute atomic E-state index is 0.0796. The Morgan fingerprint density at radius 3 is 1.76 bits per heavy atom. The van der Waals surface area contributed by atoms with Crippen molar-refractivity contribution in [2.45, 2.75) is 60.9 Å². The molecule has 9 nitrogen and oxygen atoms in total. The number of hydrogen-bond acceptors (Lipinski definition) is 5. The van der Waals surface area contributed by atoms with Crippen molar-refractivity contribution in [2.24, 2.45) is 5.92 Å². The number of Topliss-reactive ketones (excluding diaryl/α,β-unsaturated/α-hetero) is 1. The summed E-state index contributed by atoms with van der Waals surface area (Å²) in [6, 6.07) is 7.69. The second-order valence-corrected chi connectivity index (χ2v) is 7.60. The fourth-order valence-electron chi connectivity index (χ4n) is 1.57. The summed E-state index contributed by atoms with van der Waals surface area (Å²) in [5, 5.41) is 9.53. The van der Waals surface area contributed by atoms with Gasteiger partial charge in [-0.15, -0.1) is 0 Å². The molecule has 1 aromatic carbocycles. The molecule has 0 radical (unpaired) electrons. The summed E-state index contributed by atoms with van der Waals surface area (Å²) in [5.74, 6) is -0.667. The van der Waals surface area contributed by atoms with Crippen LogP contribution in [0, 0.1) is 5.92 Å². The van der Waals surface area contributed by atoms with Crippen molar-refractivity contribution in [3.63, 3.8) is 0 Å². The number of carbonyl (C=O) groups is 5. The summed E-state index contributed by atoms with van der Waals surface area (Å²) in [7, 11) is 1.56. The molecule has 1 aromatic rings. The predicted molar refractivity (Wildman–Crippen MR) is 132 cm³/mol. The van der Waals surface area contributed by atoms with Crippen LogP contribution in [0.15, 0.2) is 30.3 Å². The first-order valence-corrected chi connectivity index (χ1v) is 11.0. The van der Waals surface area contributed by atoms with E-state index in [1.165, 1.54) is 20.3 Å². The van der Waals surface area contributed by atoms with Gasteiger partial charge in [0.25, 0.3) is 5.91 Å². The SMILES string of the molecule is CC(=O)CNC(=O)[C@H](C)NC(=O)CNC(=O)c1ccccc1.CC(C)C.CCC.CNC=O. The van der Waals surface area contributed by atoms with Crippen LogP contribution >= 0.6 is 0 Å². The molecular weight excluding hydrogens is 424 g/mol. The largest absolute Gasteiger partial charge is 0.362 e. The van der Waals surface area contributed by atoms with Gasteiger partial charge in [-0.3, -0.25) is 24.0 Å². The Bertz CT molecular complexity index is 676. The van der Waals surface area contributed by atoms with Gasteiger partial charge in [0, 0.05) is 12.6 Å². The zero-order chi connectivity index (χ0) is 26.2. The second-order valence-electron chi connectivity index (χ2n) is 7.60. The van der Waals surface area contributed by atoms with Crippen LogP contribution in [0.1, 0.15) is 65.2 Å². The van der Waals surface area contributed by atoms with E-state index in [2.05, 4.69) is 55.9 Å². The van der Waals surface area contributed by atoms with Crippen molar-refractivity contribution in [1.29, 1.82) is 0 Å². The van der Waals surface area contributed by atoms with Crippen molar-refractivity contribution in [3.8, 4) is 0 Å². The molecule has 4 N–H and O–H groups in total. The lowest BCUT2D eigenvalue weighted by molar-refractivity contribution is -0.129. The molecule has 0 heterocycles. The highest BCUT2D eigenvalue weighted by atomic mass is 16.2. The van der Waals surface area contributed by atoms with Crippen LogP contribution in [-0.4, -0.2) is 56.1 Å². The maximum atomic E-state index is 11.7. The molecule has 0 spiro atoms. The van der Waals surface area contributed by atoms with E-state index in [1.54, 1.807) is 37.4 Å².